The van der Waals surface area contributed by atoms with Crippen molar-refractivity contribution in [3.63, 3.8) is 0 Å². The first-order chi connectivity index (χ1) is 25.6. The van der Waals surface area contributed by atoms with Crippen LogP contribution in [0.3, 0.4) is 0 Å². The Morgan fingerprint density at radius 2 is 1.72 bits per heavy atom. The van der Waals surface area contributed by atoms with Crippen molar-refractivity contribution < 1.29 is 43.5 Å². The molecule has 0 aliphatic heterocycles. The van der Waals surface area contributed by atoms with Crippen LogP contribution in [-0.4, -0.2) is 73.6 Å². The molecule has 2 fully saturated rings. The number of nitrogens with one attached hydrogen (secondary N) is 2. The fourth-order valence-corrected chi connectivity index (χ4v) is 8.78. The van der Waals surface area contributed by atoms with Gasteiger partial charge in [0.1, 0.15) is 30.3 Å². The van der Waals surface area contributed by atoms with Gasteiger partial charge in [0.2, 0.25) is 11.8 Å². The van der Waals surface area contributed by atoms with Crippen LogP contribution in [0.25, 0.3) is 0 Å². The number of hydrogen-bond donors (Lipinski definition) is 5. The molecule has 6 rings (SSSR count). The fourth-order valence-electron chi connectivity index (χ4n) is 8.78. The van der Waals surface area contributed by atoms with Crippen LogP contribution in [0.15, 0.2) is 60.7 Å². The Morgan fingerprint density at radius 3 is 2.53 bits per heavy atom. The zero-order valence-electron chi connectivity index (χ0n) is 30.3. The van der Waals surface area contributed by atoms with Crippen LogP contribution in [0, 0.1) is 17.3 Å². The van der Waals surface area contributed by atoms with Crippen molar-refractivity contribution in [2.24, 2.45) is 23.0 Å². The first-order valence-electron chi connectivity index (χ1n) is 18.6. The molecule has 6 N–H and O–H groups in total. The van der Waals surface area contributed by atoms with Gasteiger partial charge in [-0.3, -0.25) is 14.4 Å². The van der Waals surface area contributed by atoms with Crippen molar-refractivity contribution in [1.82, 2.24) is 5.32 Å². The molecule has 3 amide bonds. The number of nitrogens with two attached hydrogens (primary N) is 1. The van der Waals surface area contributed by atoms with Crippen molar-refractivity contribution in [3.05, 3.63) is 82.9 Å². The number of ether oxygens (including phenoxy) is 4. The van der Waals surface area contributed by atoms with E-state index in [0.717, 1.165) is 44.1 Å². The lowest BCUT2D eigenvalue weighted by Crippen LogP contribution is -2.45. The number of primary amides is 1. The van der Waals surface area contributed by atoms with E-state index in [1.54, 1.807) is 0 Å². The Morgan fingerprint density at radius 1 is 0.906 bits per heavy atom. The van der Waals surface area contributed by atoms with E-state index in [-0.39, 0.29) is 73.9 Å². The number of phenolic OH excluding ortho intramolecular Hbond substituents is 1. The topological polar surface area (TPSA) is 179 Å². The van der Waals surface area contributed by atoms with Gasteiger partial charge in [-0.2, -0.15) is 0 Å². The van der Waals surface area contributed by atoms with E-state index in [9.17, 15) is 24.6 Å². The van der Waals surface area contributed by atoms with E-state index in [1.807, 2.05) is 42.5 Å². The largest absolute Gasteiger partial charge is 0.508 e. The predicted molar refractivity (Wildman–Crippen MR) is 198 cm³/mol. The Bertz CT molecular complexity index is 1750. The molecule has 12 nitrogen and oxygen atoms in total. The number of fused-ring (bicyclic) bond motifs is 5. The average Bonchev–Trinajstić information content (AvgIpc) is 3.48. The molecule has 0 aromatic heterocycles. The summed E-state index contributed by atoms with van der Waals surface area (Å²) in [7, 11) is 0. The number of carbonyl (C=O) groups excluding carboxylic acids is 3. The summed E-state index contributed by atoms with van der Waals surface area (Å²) in [5.74, 6) is 0.255. The summed E-state index contributed by atoms with van der Waals surface area (Å²) in [5, 5.41) is 26.0. The molecule has 3 aliphatic carbocycles. The van der Waals surface area contributed by atoms with Gasteiger partial charge in [-0.25, -0.2) is 0 Å². The van der Waals surface area contributed by atoms with Gasteiger partial charge < -0.3 is 45.5 Å². The number of aromatic hydroxyl groups is 2. The Kier molecular flexibility index (Phi) is 12.5. The minimum atomic E-state index is -0.899. The van der Waals surface area contributed by atoms with Gasteiger partial charge in [-0.05, 0) is 103 Å². The molecular weight excluding hydrogens is 678 g/mol. The van der Waals surface area contributed by atoms with Crippen LogP contribution in [0.4, 0.5) is 5.69 Å². The van der Waals surface area contributed by atoms with Crippen molar-refractivity contribution in [1.29, 1.82) is 0 Å². The first kappa shape index (κ1) is 38.1. The predicted octanol–water partition coefficient (Wildman–Crippen LogP) is 5.20. The molecule has 0 saturated heterocycles. The normalized spacial score (nSPS) is 23.0. The zero-order chi connectivity index (χ0) is 37.4. The van der Waals surface area contributed by atoms with Crippen LogP contribution in [0.5, 0.6) is 17.2 Å². The Balaban J connectivity index is 0.825. The first-order valence-corrected chi connectivity index (χ1v) is 18.6. The second kappa shape index (κ2) is 17.5. The van der Waals surface area contributed by atoms with Gasteiger partial charge in [-0.15, -0.1) is 0 Å². The van der Waals surface area contributed by atoms with Crippen molar-refractivity contribution in [3.8, 4) is 17.2 Å². The van der Waals surface area contributed by atoms with Crippen LogP contribution in [0.1, 0.15) is 78.4 Å². The Hall–Kier alpha value is -4.65. The lowest BCUT2D eigenvalue weighted by molar-refractivity contribution is -0.124. The molecule has 3 aromatic carbocycles. The molecule has 2 saturated carbocycles. The molecule has 0 radical (unpaired) electrons. The summed E-state index contributed by atoms with van der Waals surface area (Å²) >= 11 is 0. The summed E-state index contributed by atoms with van der Waals surface area (Å²) in [6, 6.07) is 18.1. The molecule has 5 atom stereocenters. The minimum Gasteiger partial charge on any atom is -0.508 e. The lowest BCUT2D eigenvalue weighted by atomic mass is 9.55. The van der Waals surface area contributed by atoms with Gasteiger partial charge >= 0.3 is 0 Å². The maximum absolute atomic E-state index is 12.5. The van der Waals surface area contributed by atoms with Gasteiger partial charge in [0.05, 0.1) is 38.2 Å². The number of anilines is 1. The van der Waals surface area contributed by atoms with Gasteiger partial charge in [-0.1, -0.05) is 43.3 Å². The zero-order valence-corrected chi connectivity index (χ0v) is 30.3. The van der Waals surface area contributed by atoms with Gasteiger partial charge in [0.15, 0.2) is 5.75 Å². The van der Waals surface area contributed by atoms with Crippen molar-refractivity contribution >= 4 is 23.4 Å². The van der Waals surface area contributed by atoms with Gasteiger partial charge in [0.25, 0.3) is 5.91 Å². The summed E-state index contributed by atoms with van der Waals surface area (Å²) < 4.78 is 23.0. The number of benzene rings is 3. The number of phenols is 2. The minimum absolute atomic E-state index is 0.000287. The number of amides is 3. The van der Waals surface area contributed by atoms with E-state index < -0.39 is 17.6 Å². The Labute approximate surface area is 310 Å². The van der Waals surface area contributed by atoms with E-state index in [4.69, 9.17) is 24.7 Å². The van der Waals surface area contributed by atoms with Crippen LogP contribution in [-0.2, 0) is 36.8 Å². The molecule has 3 aromatic rings. The summed E-state index contributed by atoms with van der Waals surface area (Å²) in [6.07, 6.45) is 7.08. The average molecular weight is 730 g/mol. The molecule has 4 unspecified atom stereocenters. The second-order valence-electron chi connectivity index (χ2n) is 14.6. The molecule has 0 heterocycles. The highest BCUT2D eigenvalue weighted by atomic mass is 16.5. The molecule has 284 valence electrons. The SMILES string of the molecule is CC12CCC3c4ccc(O)cc4CCC3C1CC[C@H]2OCCC(=O)NCCOCCOCC(=O)Nc1ccc(OCc2ccccc2)c(C(N)=O)c1O. The summed E-state index contributed by atoms with van der Waals surface area (Å²) in [6.45, 7) is 3.62. The molecule has 0 spiro atoms. The molecular formula is C41H51N3O9. The molecule has 0 bridgehead atoms. The second-order valence-corrected chi connectivity index (χ2v) is 14.6. The van der Waals surface area contributed by atoms with Crippen molar-refractivity contribution in [2.75, 3.05) is 44.9 Å². The maximum atomic E-state index is 12.5. The third-order valence-electron chi connectivity index (χ3n) is 11.3. The maximum Gasteiger partial charge on any atom is 0.256 e. The standard InChI is InChI=1S/C41H51N3O9/c1-41-17-15-30-29-10-8-28(45)23-27(29)7-9-31(30)32(41)11-14-35(41)52-19-16-36(46)43-18-20-50-21-22-51-25-37(47)44-33-12-13-34(38(39(33)48)40(42)49)53-24-26-5-3-2-4-6-26/h2-6,8,10,12-13,23,30-32,35,45,48H,7,9,11,14-22,24-25H2,1H3,(H2,42,49)(H,43,46)(H,44,47)/t30?,31?,32?,35-,41?/m1/s1. The quantitative estimate of drug-likeness (QED) is 0.0923. The number of rotatable bonds is 17. The molecule has 3 aliphatic rings. The van der Waals surface area contributed by atoms with Crippen LogP contribution < -0.4 is 21.1 Å². The van der Waals surface area contributed by atoms with Crippen LogP contribution >= 0.6 is 0 Å². The van der Waals surface area contributed by atoms with Crippen molar-refractivity contribution in [2.45, 2.75) is 70.5 Å². The van der Waals surface area contributed by atoms with E-state index in [1.165, 1.54) is 23.3 Å². The monoisotopic (exact) mass is 729 g/mol. The highest BCUT2D eigenvalue weighted by molar-refractivity contribution is 6.02. The molecule has 12 heteroatoms. The molecule has 53 heavy (non-hydrogen) atoms. The fraction of sp³-hybridized carbons (Fsp3) is 0.488. The highest BCUT2D eigenvalue weighted by Gasteiger charge is 2.55. The van der Waals surface area contributed by atoms with E-state index in [0.29, 0.717) is 36.7 Å². The van der Waals surface area contributed by atoms with E-state index >= 15 is 0 Å². The third kappa shape index (κ3) is 9.12. The highest BCUT2D eigenvalue weighted by Crippen LogP contribution is 2.61. The van der Waals surface area contributed by atoms with Crippen LogP contribution in [0.2, 0.25) is 0 Å². The third-order valence-corrected chi connectivity index (χ3v) is 11.3. The number of aryl methyl sites for hydroxylation is 1. The smallest absolute Gasteiger partial charge is 0.256 e. The summed E-state index contributed by atoms with van der Waals surface area (Å²) in [5.41, 5.74) is 8.98. The van der Waals surface area contributed by atoms with Gasteiger partial charge in [0, 0.05) is 13.0 Å². The van der Waals surface area contributed by atoms with E-state index in [2.05, 4.69) is 23.6 Å². The summed E-state index contributed by atoms with van der Waals surface area (Å²) in [4.78, 5) is 37.0. The number of carbonyl (C=O) groups is 3. The number of hydrogen-bond acceptors (Lipinski definition) is 9. The lowest BCUT2D eigenvalue weighted by Gasteiger charge is -2.50.